The standard InChI is InChI=1S/C57H95FN4O13/c1-15-45-57(11,69)51(66)36(6)49(59)32(2)28-56(10,71-14)53(34(4)48(35(5)54(68)74-45)44-29-55(9,70-13)52(67)37(7)73-44)75-47-27-43(26-33(3)72-47)61(12)23-22-46(64)60-31-42(30-58)50(65)41-18-16-39(17-19-41)40-20-24-62(25-21-40)38(8)63/h16-19,32-37,40,42-45,47-48,50-53,59,65-67,69H,15,20-31H2,1-14H3,(H,60,64)/t32-,33-,34+,35-,36+,37+,42+,43+,44?,45-,47+,48+,50-,51-,52+,53-,55-,56-,57-/m1/s1. The molecule has 4 fully saturated rings. The SMILES string of the molecule is CC[C@H]1OC(=O)[C@H](C)[C@@H](C2C[C@@](C)(OC)[C@@H](O)[C@H](C)O2)[C@H](C)[C@@H](O[C@H]2C[C@@H](N(C)CCC(=O)NC[C@H](CF)[C@H](O)c3ccc(C4CCN(C(C)=O)CC4)cc3)C[C@@H](C)O2)[C@](C)(OC)C[C@@H](C)C(=N)[C@H](C)[C@@H](O)[C@]1(C)O. The number of ether oxygens (including phenoxy) is 6. The zero-order valence-corrected chi connectivity index (χ0v) is 47.6. The topological polar surface area (TPSA) is 230 Å². The fourth-order valence-corrected chi connectivity index (χ4v) is 12.8. The number of aliphatic hydroxyl groups is 4. The largest absolute Gasteiger partial charge is 0.459 e. The monoisotopic (exact) mass is 1060 g/mol. The van der Waals surface area contributed by atoms with Gasteiger partial charge in [-0.2, -0.15) is 0 Å². The number of nitrogens with one attached hydrogen (secondary N) is 2. The molecule has 0 bridgehead atoms. The molecule has 0 aromatic heterocycles. The highest BCUT2D eigenvalue weighted by Crippen LogP contribution is 2.46. The number of hydrogen-bond acceptors (Lipinski definition) is 15. The molecular weight excluding hydrogens is 968 g/mol. The highest BCUT2D eigenvalue weighted by atomic mass is 19.1. The molecule has 6 N–H and O–H groups in total. The van der Waals surface area contributed by atoms with Crippen LogP contribution in [0.15, 0.2) is 24.3 Å². The van der Waals surface area contributed by atoms with Gasteiger partial charge in [-0.05, 0) is 103 Å². The van der Waals surface area contributed by atoms with E-state index in [9.17, 15) is 44.6 Å². The van der Waals surface area contributed by atoms with E-state index in [1.807, 2.05) is 70.8 Å². The number of hydrogen-bond donors (Lipinski definition) is 6. The van der Waals surface area contributed by atoms with Gasteiger partial charge < -0.3 is 69.4 Å². The molecule has 1 aromatic rings. The van der Waals surface area contributed by atoms with Crippen LogP contribution >= 0.6 is 0 Å². The van der Waals surface area contributed by atoms with Crippen LogP contribution < -0.4 is 5.32 Å². The summed E-state index contributed by atoms with van der Waals surface area (Å²) in [5.41, 5.74) is -2.20. The Balaban J connectivity index is 1.34. The van der Waals surface area contributed by atoms with E-state index in [0.29, 0.717) is 44.0 Å². The molecule has 0 spiro atoms. The Hall–Kier alpha value is -3.17. The third kappa shape index (κ3) is 14.8. The molecule has 0 saturated carbocycles. The maximum atomic E-state index is 14.6. The van der Waals surface area contributed by atoms with E-state index >= 15 is 0 Å². The number of likely N-dealkylation sites (tertiary alicyclic amines) is 1. The summed E-state index contributed by atoms with van der Waals surface area (Å²) in [4.78, 5) is 43.7. The lowest BCUT2D eigenvalue weighted by Gasteiger charge is -2.52. The second-order valence-electron chi connectivity index (χ2n) is 23.5. The van der Waals surface area contributed by atoms with Gasteiger partial charge in [-0.1, -0.05) is 58.9 Å². The van der Waals surface area contributed by atoms with Gasteiger partial charge in [0.05, 0.1) is 60.4 Å². The highest BCUT2D eigenvalue weighted by molar-refractivity contribution is 5.86. The van der Waals surface area contributed by atoms with Gasteiger partial charge in [0, 0.05) is 96.1 Å². The number of amides is 2. The van der Waals surface area contributed by atoms with Gasteiger partial charge in [0.2, 0.25) is 11.8 Å². The smallest absolute Gasteiger partial charge is 0.309 e. The van der Waals surface area contributed by atoms with Crippen LogP contribution in [0.1, 0.15) is 151 Å². The summed E-state index contributed by atoms with van der Waals surface area (Å²) in [5.74, 6) is -4.73. The second kappa shape index (κ2) is 26.7. The quantitative estimate of drug-likeness (QED) is 0.103. The number of alkyl halides is 1. The molecule has 1 unspecified atom stereocenters. The molecule has 75 heavy (non-hydrogen) atoms. The lowest BCUT2D eigenvalue weighted by atomic mass is 9.67. The van der Waals surface area contributed by atoms with Crippen molar-refractivity contribution in [1.29, 1.82) is 5.41 Å². The second-order valence-corrected chi connectivity index (χ2v) is 23.5. The van der Waals surface area contributed by atoms with Gasteiger partial charge in [-0.3, -0.25) is 18.8 Å². The van der Waals surface area contributed by atoms with Gasteiger partial charge in [0.25, 0.3) is 0 Å². The van der Waals surface area contributed by atoms with E-state index in [1.165, 1.54) is 6.92 Å². The molecule has 5 rings (SSSR count). The summed E-state index contributed by atoms with van der Waals surface area (Å²) in [5, 5.41) is 58.4. The molecule has 18 heteroatoms. The van der Waals surface area contributed by atoms with Gasteiger partial charge >= 0.3 is 5.97 Å². The number of methoxy groups -OCH3 is 2. The molecule has 1 aromatic carbocycles. The Kier molecular flexibility index (Phi) is 22.3. The average Bonchev–Trinajstić information content (AvgIpc) is 3.38. The van der Waals surface area contributed by atoms with Crippen molar-refractivity contribution in [2.24, 2.45) is 35.5 Å². The molecule has 17 nitrogen and oxygen atoms in total. The maximum absolute atomic E-state index is 14.6. The average molecular weight is 1060 g/mol. The number of carbonyl (C=O) groups is 3. The van der Waals surface area contributed by atoms with Crippen molar-refractivity contribution in [3.63, 3.8) is 0 Å². The van der Waals surface area contributed by atoms with Crippen molar-refractivity contribution in [2.75, 3.05) is 54.1 Å². The Morgan fingerprint density at radius 2 is 1.57 bits per heavy atom. The number of piperidine rings is 1. The van der Waals surface area contributed by atoms with Crippen molar-refractivity contribution in [1.82, 2.24) is 15.1 Å². The first-order chi connectivity index (χ1) is 35.2. The first-order valence-corrected chi connectivity index (χ1v) is 27.7. The highest BCUT2D eigenvalue weighted by Gasteiger charge is 2.55. The van der Waals surface area contributed by atoms with Crippen LogP contribution in [0, 0.1) is 40.9 Å². The van der Waals surface area contributed by atoms with E-state index < -0.39 is 114 Å². The van der Waals surface area contributed by atoms with Gasteiger partial charge in [-0.25, -0.2) is 0 Å². The number of halogens is 1. The molecule has 428 valence electrons. The molecule has 4 aliphatic rings. The third-order valence-electron chi connectivity index (χ3n) is 18.1. The molecule has 19 atom stereocenters. The zero-order chi connectivity index (χ0) is 55.9. The minimum Gasteiger partial charge on any atom is -0.459 e. The number of aliphatic hydroxyl groups excluding tert-OH is 3. The molecule has 2 amide bonds. The number of nitrogens with zero attached hydrogens (tertiary/aromatic N) is 2. The lowest BCUT2D eigenvalue weighted by molar-refractivity contribution is -0.278. The predicted molar refractivity (Wildman–Crippen MR) is 283 cm³/mol. The van der Waals surface area contributed by atoms with Crippen LogP contribution in [0.25, 0.3) is 0 Å². The summed E-state index contributed by atoms with van der Waals surface area (Å²) < 4.78 is 53.5. The van der Waals surface area contributed by atoms with E-state index in [0.717, 1.165) is 18.4 Å². The molecule has 4 heterocycles. The van der Waals surface area contributed by atoms with Crippen LogP contribution in [-0.4, -0.2) is 180 Å². The van der Waals surface area contributed by atoms with Crippen LogP contribution in [0.2, 0.25) is 0 Å². The van der Waals surface area contributed by atoms with Crippen molar-refractivity contribution in [3.8, 4) is 0 Å². The number of rotatable bonds is 16. The first kappa shape index (κ1) is 62.7. The van der Waals surface area contributed by atoms with Crippen molar-refractivity contribution >= 4 is 23.5 Å². The minimum absolute atomic E-state index is 0.0431. The summed E-state index contributed by atoms with van der Waals surface area (Å²) in [7, 11) is 5.07. The first-order valence-electron chi connectivity index (χ1n) is 27.7. The number of esters is 1. The molecule has 4 aliphatic heterocycles. The number of carbonyl (C=O) groups excluding carboxylic acids is 3. The fraction of sp³-hybridized carbons (Fsp3) is 0.825. The number of benzene rings is 1. The third-order valence-corrected chi connectivity index (χ3v) is 18.1. The van der Waals surface area contributed by atoms with Gasteiger partial charge in [-0.15, -0.1) is 0 Å². The maximum Gasteiger partial charge on any atom is 0.309 e. The molecule has 0 radical (unpaired) electrons. The van der Waals surface area contributed by atoms with Crippen molar-refractivity contribution < 1.29 is 67.6 Å². The minimum atomic E-state index is -1.90. The van der Waals surface area contributed by atoms with E-state index in [-0.39, 0.29) is 61.9 Å². The molecule has 0 aliphatic carbocycles. The summed E-state index contributed by atoms with van der Waals surface area (Å²) in [6.45, 7) is 20.5. The van der Waals surface area contributed by atoms with E-state index in [4.69, 9.17) is 28.4 Å². The Bertz CT molecular complexity index is 2030. The summed E-state index contributed by atoms with van der Waals surface area (Å²) in [6.07, 6.45) is -4.31. The molecule has 4 saturated heterocycles. The normalized spacial score (nSPS) is 38.9. The lowest BCUT2D eigenvalue weighted by Crippen LogP contribution is -2.61. The van der Waals surface area contributed by atoms with Gasteiger partial charge in [0.15, 0.2) is 6.29 Å². The summed E-state index contributed by atoms with van der Waals surface area (Å²) in [6, 6.07) is 7.47. The predicted octanol–water partition coefficient (Wildman–Crippen LogP) is 6.11. The Morgan fingerprint density at radius 1 is 0.947 bits per heavy atom. The Morgan fingerprint density at radius 3 is 2.15 bits per heavy atom. The summed E-state index contributed by atoms with van der Waals surface area (Å²) >= 11 is 0. The van der Waals surface area contributed by atoms with Gasteiger partial charge in [0.1, 0.15) is 17.8 Å². The zero-order valence-electron chi connectivity index (χ0n) is 47.6. The van der Waals surface area contributed by atoms with E-state index in [1.54, 1.807) is 48.8 Å². The van der Waals surface area contributed by atoms with Crippen LogP contribution in [0.5, 0.6) is 0 Å². The number of cyclic esters (lactones) is 1. The van der Waals surface area contributed by atoms with Crippen molar-refractivity contribution in [2.45, 2.75) is 211 Å². The van der Waals surface area contributed by atoms with Crippen LogP contribution in [-0.2, 0) is 42.8 Å². The molecular formula is C57H95FN4O13. The van der Waals surface area contributed by atoms with Crippen LogP contribution in [0.4, 0.5) is 4.39 Å². The van der Waals surface area contributed by atoms with Crippen molar-refractivity contribution in [3.05, 3.63) is 35.4 Å². The Labute approximate surface area is 446 Å². The van der Waals surface area contributed by atoms with Crippen LogP contribution in [0.3, 0.4) is 0 Å². The fourth-order valence-electron chi connectivity index (χ4n) is 12.8. The van der Waals surface area contributed by atoms with E-state index in [2.05, 4.69) is 10.2 Å².